The van der Waals surface area contributed by atoms with Gasteiger partial charge in [-0.25, -0.2) is 0 Å². The number of amides is 1. The van der Waals surface area contributed by atoms with Crippen LogP contribution >= 0.6 is 0 Å². The van der Waals surface area contributed by atoms with Crippen LogP contribution in [-0.2, 0) is 11.3 Å². The Morgan fingerprint density at radius 1 is 1.12 bits per heavy atom. The first-order valence-corrected chi connectivity index (χ1v) is 8.27. The van der Waals surface area contributed by atoms with Crippen LogP contribution in [0.15, 0.2) is 24.3 Å². The number of likely N-dealkylation sites (tertiary alicyclic amines) is 2. The highest BCUT2D eigenvalue weighted by molar-refractivity contribution is 5.78. The summed E-state index contributed by atoms with van der Waals surface area (Å²) in [6, 6.07) is 6.27. The second kappa shape index (κ2) is 7.01. The number of rotatable bonds is 4. The zero-order valence-electron chi connectivity index (χ0n) is 13.4. The summed E-state index contributed by atoms with van der Waals surface area (Å²) in [7, 11) is 0. The maximum atomic E-state index is 12.2. The predicted molar refractivity (Wildman–Crippen MR) is 82.4 cm³/mol. The molecule has 3 rings (SSSR count). The lowest BCUT2D eigenvalue weighted by molar-refractivity contribution is -0.274. The van der Waals surface area contributed by atoms with Gasteiger partial charge in [-0.05, 0) is 43.5 Å². The van der Waals surface area contributed by atoms with Gasteiger partial charge in [-0.1, -0.05) is 12.1 Å². The first-order valence-electron chi connectivity index (χ1n) is 8.27. The maximum Gasteiger partial charge on any atom is 0.573 e. The molecule has 4 nitrogen and oxygen atoms in total. The fourth-order valence-corrected chi connectivity index (χ4v) is 3.54. The normalized spacial score (nSPS) is 22.9. The molecule has 2 aliphatic rings. The molecule has 0 radical (unpaired) electrons. The van der Waals surface area contributed by atoms with Gasteiger partial charge in [-0.15, -0.1) is 13.2 Å². The summed E-state index contributed by atoms with van der Waals surface area (Å²) in [5.74, 6) is 0.0425. The fraction of sp³-hybridized carbons (Fsp3) is 0.588. The van der Waals surface area contributed by atoms with Crippen LogP contribution < -0.4 is 4.74 Å². The van der Waals surface area contributed by atoms with E-state index in [0.717, 1.165) is 44.5 Å². The first-order chi connectivity index (χ1) is 11.4. The number of ether oxygens (including phenoxy) is 1. The minimum absolute atomic E-state index is 0.203. The van der Waals surface area contributed by atoms with Crippen molar-refractivity contribution in [1.29, 1.82) is 0 Å². The highest BCUT2D eigenvalue weighted by Gasteiger charge is 2.32. The molecular formula is C17H21F3N2O2. The van der Waals surface area contributed by atoms with Crippen LogP contribution in [0, 0.1) is 0 Å². The Labute approximate surface area is 139 Å². The number of carbonyl (C=O) groups excluding carboxylic acids is 1. The SMILES string of the molecule is O=C1CCCN1[C@H]1CCCN(Cc2ccc(OC(F)(F)F)cc2)C1. The van der Waals surface area contributed by atoms with Crippen molar-refractivity contribution in [2.45, 2.75) is 44.6 Å². The summed E-state index contributed by atoms with van der Waals surface area (Å²) in [6.07, 6.45) is -1.01. The predicted octanol–water partition coefficient (Wildman–Crippen LogP) is 3.17. The zero-order valence-corrected chi connectivity index (χ0v) is 13.4. The van der Waals surface area contributed by atoms with E-state index in [-0.39, 0.29) is 17.7 Å². The maximum absolute atomic E-state index is 12.2. The molecule has 0 aromatic heterocycles. The third kappa shape index (κ3) is 4.41. The summed E-state index contributed by atoms with van der Waals surface area (Å²) in [4.78, 5) is 16.1. The molecule has 0 saturated carbocycles. The summed E-state index contributed by atoms with van der Waals surface area (Å²) in [6.45, 7) is 3.29. The Bertz CT molecular complexity index is 574. The van der Waals surface area contributed by atoms with Gasteiger partial charge in [0.1, 0.15) is 5.75 Å². The Morgan fingerprint density at radius 2 is 1.88 bits per heavy atom. The molecule has 1 aromatic rings. The van der Waals surface area contributed by atoms with Crippen LogP contribution in [-0.4, -0.2) is 47.7 Å². The number of piperidine rings is 1. The van der Waals surface area contributed by atoms with Crippen molar-refractivity contribution >= 4 is 5.91 Å². The van der Waals surface area contributed by atoms with Crippen molar-refractivity contribution in [1.82, 2.24) is 9.80 Å². The second-order valence-corrected chi connectivity index (χ2v) is 6.41. The van der Waals surface area contributed by atoms with E-state index < -0.39 is 6.36 Å². The Morgan fingerprint density at radius 3 is 2.50 bits per heavy atom. The van der Waals surface area contributed by atoms with Gasteiger partial charge in [0.2, 0.25) is 5.91 Å². The molecule has 0 bridgehead atoms. The van der Waals surface area contributed by atoms with Gasteiger partial charge in [0.15, 0.2) is 0 Å². The molecule has 0 N–H and O–H groups in total. The Balaban J connectivity index is 1.56. The molecule has 24 heavy (non-hydrogen) atoms. The Kier molecular flexibility index (Phi) is 4.99. The molecular weight excluding hydrogens is 321 g/mol. The topological polar surface area (TPSA) is 32.8 Å². The molecule has 2 heterocycles. The molecule has 0 unspecified atom stereocenters. The van der Waals surface area contributed by atoms with E-state index in [0.29, 0.717) is 13.0 Å². The van der Waals surface area contributed by atoms with Crippen LogP contribution in [0.25, 0.3) is 0 Å². The van der Waals surface area contributed by atoms with Crippen molar-refractivity contribution in [3.05, 3.63) is 29.8 Å². The van der Waals surface area contributed by atoms with Gasteiger partial charge in [-0.2, -0.15) is 0 Å². The van der Waals surface area contributed by atoms with Crippen molar-refractivity contribution in [3.8, 4) is 5.75 Å². The zero-order chi connectivity index (χ0) is 17.2. The number of hydrogen-bond donors (Lipinski definition) is 0. The molecule has 1 aromatic carbocycles. The average Bonchev–Trinajstić information content (AvgIpc) is 2.94. The number of halogens is 3. The molecule has 2 aliphatic heterocycles. The second-order valence-electron chi connectivity index (χ2n) is 6.41. The lowest BCUT2D eigenvalue weighted by atomic mass is 10.0. The third-order valence-electron chi connectivity index (χ3n) is 4.59. The highest BCUT2D eigenvalue weighted by Crippen LogP contribution is 2.25. The Hall–Kier alpha value is -1.76. The molecule has 132 valence electrons. The van der Waals surface area contributed by atoms with Gasteiger partial charge < -0.3 is 9.64 Å². The van der Waals surface area contributed by atoms with Crippen LogP contribution in [0.3, 0.4) is 0 Å². The standard InChI is InChI=1S/C17H21F3N2O2/c18-17(19,20)24-15-7-5-13(6-8-15)11-21-9-1-3-14(12-21)22-10-2-4-16(22)23/h5-8,14H,1-4,9-12H2/t14-/m0/s1. The van der Waals surface area contributed by atoms with Crippen LogP contribution in [0.2, 0.25) is 0 Å². The number of benzene rings is 1. The number of alkyl halides is 3. The van der Waals surface area contributed by atoms with Gasteiger partial charge in [-0.3, -0.25) is 9.69 Å². The molecule has 0 spiro atoms. The molecule has 0 aliphatic carbocycles. The van der Waals surface area contributed by atoms with Crippen molar-refractivity contribution in [2.75, 3.05) is 19.6 Å². The summed E-state index contributed by atoms with van der Waals surface area (Å²) >= 11 is 0. The number of carbonyl (C=O) groups is 1. The number of hydrogen-bond acceptors (Lipinski definition) is 3. The van der Waals surface area contributed by atoms with Crippen LogP contribution in [0.5, 0.6) is 5.75 Å². The van der Waals surface area contributed by atoms with E-state index in [1.807, 2.05) is 4.90 Å². The van der Waals surface area contributed by atoms with Crippen molar-refractivity contribution in [3.63, 3.8) is 0 Å². The van der Waals surface area contributed by atoms with Crippen molar-refractivity contribution in [2.24, 2.45) is 0 Å². The minimum atomic E-state index is -4.66. The average molecular weight is 342 g/mol. The van der Waals surface area contributed by atoms with E-state index in [2.05, 4.69) is 9.64 Å². The number of nitrogens with zero attached hydrogens (tertiary/aromatic N) is 2. The van der Waals surface area contributed by atoms with Gasteiger partial charge >= 0.3 is 6.36 Å². The van der Waals surface area contributed by atoms with Crippen LogP contribution in [0.1, 0.15) is 31.2 Å². The molecule has 7 heteroatoms. The quantitative estimate of drug-likeness (QED) is 0.843. The van der Waals surface area contributed by atoms with Gasteiger partial charge in [0, 0.05) is 32.1 Å². The molecule has 1 amide bonds. The van der Waals surface area contributed by atoms with Gasteiger partial charge in [0.05, 0.1) is 0 Å². The molecule has 1 atom stereocenters. The van der Waals surface area contributed by atoms with E-state index in [1.165, 1.54) is 12.1 Å². The monoisotopic (exact) mass is 342 g/mol. The van der Waals surface area contributed by atoms with E-state index >= 15 is 0 Å². The lowest BCUT2D eigenvalue weighted by Crippen LogP contribution is -2.48. The summed E-state index contributed by atoms with van der Waals surface area (Å²) in [5, 5.41) is 0. The van der Waals surface area contributed by atoms with E-state index in [4.69, 9.17) is 0 Å². The first kappa shape index (κ1) is 17.1. The smallest absolute Gasteiger partial charge is 0.406 e. The minimum Gasteiger partial charge on any atom is -0.406 e. The van der Waals surface area contributed by atoms with Crippen molar-refractivity contribution < 1.29 is 22.7 Å². The van der Waals surface area contributed by atoms with E-state index in [1.54, 1.807) is 12.1 Å². The highest BCUT2D eigenvalue weighted by atomic mass is 19.4. The largest absolute Gasteiger partial charge is 0.573 e. The van der Waals surface area contributed by atoms with E-state index in [9.17, 15) is 18.0 Å². The third-order valence-corrected chi connectivity index (χ3v) is 4.59. The summed E-state index contributed by atoms with van der Waals surface area (Å²) in [5.41, 5.74) is 0.943. The molecule has 2 fully saturated rings. The fourth-order valence-electron chi connectivity index (χ4n) is 3.54. The lowest BCUT2D eigenvalue weighted by Gasteiger charge is -2.37. The molecule has 2 saturated heterocycles. The summed E-state index contributed by atoms with van der Waals surface area (Å²) < 4.78 is 40.4. The van der Waals surface area contributed by atoms with Crippen LogP contribution in [0.4, 0.5) is 13.2 Å². The van der Waals surface area contributed by atoms with Gasteiger partial charge in [0.25, 0.3) is 0 Å².